The zero-order valence-corrected chi connectivity index (χ0v) is 24.8. The summed E-state index contributed by atoms with van der Waals surface area (Å²) in [7, 11) is 0. The molecule has 4 aromatic rings. The number of rotatable bonds is 9. The molecule has 41 heavy (non-hydrogen) atoms. The van der Waals surface area contributed by atoms with Crippen molar-refractivity contribution in [2.75, 3.05) is 18.5 Å². The third-order valence-electron chi connectivity index (χ3n) is 6.92. The summed E-state index contributed by atoms with van der Waals surface area (Å²) in [4.78, 5) is 29.8. The van der Waals surface area contributed by atoms with E-state index in [2.05, 4.69) is 62.6 Å². The molecule has 0 saturated heterocycles. The van der Waals surface area contributed by atoms with Gasteiger partial charge in [0, 0.05) is 29.2 Å². The molecule has 3 aromatic carbocycles. The predicted octanol–water partition coefficient (Wildman–Crippen LogP) is 7.62. The van der Waals surface area contributed by atoms with Gasteiger partial charge in [0.2, 0.25) is 0 Å². The van der Waals surface area contributed by atoms with E-state index in [-0.39, 0.29) is 12.3 Å². The molecule has 2 heterocycles. The number of nitrogens with one attached hydrogen (secondary N) is 1. The van der Waals surface area contributed by atoms with E-state index in [0.29, 0.717) is 30.3 Å². The summed E-state index contributed by atoms with van der Waals surface area (Å²) in [6, 6.07) is 32.8. The summed E-state index contributed by atoms with van der Waals surface area (Å²) in [5.41, 5.74) is 4.15. The van der Waals surface area contributed by atoms with Crippen LogP contribution in [0.5, 0.6) is 0 Å². The zero-order chi connectivity index (χ0) is 28.7. The van der Waals surface area contributed by atoms with Crippen LogP contribution < -0.4 is 5.32 Å². The maximum absolute atomic E-state index is 13.8. The Morgan fingerprint density at radius 2 is 1.51 bits per heavy atom. The van der Waals surface area contributed by atoms with Crippen LogP contribution in [0.25, 0.3) is 6.08 Å². The van der Waals surface area contributed by atoms with E-state index in [1.165, 1.54) is 5.06 Å². The predicted molar refractivity (Wildman–Crippen MR) is 168 cm³/mol. The van der Waals surface area contributed by atoms with Crippen LogP contribution in [-0.4, -0.2) is 34.9 Å². The molecule has 0 bridgehead atoms. The van der Waals surface area contributed by atoms with Crippen LogP contribution in [0.3, 0.4) is 0 Å². The molecule has 0 unspecified atom stereocenters. The Morgan fingerprint density at radius 3 is 2.02 bits per heavy atom. The molecule has 208 valence electrons. The standard InChI is InChI=1S/C34H33BrN4O2/c1-3-20-39(41-4-2)33(40)25-21-30-31(23-29(35)24-36-30)37-32(22-25)38-34(26-14-8-5-9-15-26,27-16-10-6-11-17-27)28-18-12-7-13-19-28/h5-19,21,23-24H,3-4,20,22H2,1-2H3,(H,37,38). The monoisotopic (exact) mass is 608 g/mol. The number of hydrogen-bond donors (Lipinski definition) is 1. The summed E-state index contributed by atoms with van der Waals surface area (Å²) < 4.78 is 0.827. The number of benzene rings is 3. The Bertz CT molecular complexity index is 1440. The van der Waals surface area contributed by atoms with Crippen molar-refractivity contribution >= 4 is 39.4 Å². The number of fused-ring (bicyclic) bond motifs is 1. The molecule has 1 amide bonds. The van der Waals surface area contributed by atoms with E-state index < -0.39 is 5.54 Å². The number of carbonyl (C=O) groups is 1. The molecular weight excluding hydrogens is 576 g/mol. The minimum atomic E-state index is -0.882. The van der Waals surface area contributed by atoms with Gasteiger partial charge in [-0.25, -0.2) is 5.06 Å². The number of amidine groups is 1. The van der Waals surface area contributed by atoms with E-state index in [4.69, 9.17) is 9.83 Å². The maximum Gasteiger partial charge on any atom is 0.273 e. The minimum Gasteiger partial charge on any atom is -0.342 e. The van der Waals surface area contributed by atoms with Crippen molar-refractivity contribution in [3.8, 4) is 0 Å². The first-order valence-electron chi connectivity index (χ1n) is 13.9. The smallest absolute Gasteiger partial charge is 0.273 e. The molecule has 1 aliphatic heterocycles. The highest BCUT2D eigenvalue weighted by molar-refractivity contribution is 9.10. The quantitative estimate of drug-likeness (QED) is 0.157. The van der Waals surface area contributed by atoms with Crippen LogP contribution in [0.4, 0.5) is 5.69 Å². The van der Waals surface area contributed by atoms with Crippen molar-refractivity contribution < 1.29 is 9.63 Å². The van der Waals surface area contributed by atoms with Crippen LogP contribution in [0, 0.1) is 0 Å². The van der Waals surface area contributed by atoms with Crippen molar-refractivity contribution in [1.29, 1.82) is 0 Å². The summed E-state index contributed by atoms with van der Waals surface area (Å²) >= 11 is 3.56. The van der Waals surface area contributed by atoms with E-state index in [1.54, 1.807) is 6.20 Å². The number of carbonyl (C=O) groups excluding carboxylic acids is 1. The Hall–Kier alpha value is -4.07. The molecule has 0 aliphatic carbocycles. The second kappa shape index (κ2) is 13.1. The Kier molecular flexibility index (Phi) is 9.07. The van der Waals surface area contributed by atoms with Crippen molar-refractivity contribution in [2.24, 2.45) is 4.99 Å². The van der Waals surface area contributed by atoms with Gasteiger partial charge in [-0.1, -0.05) is 97.9 Å². The van der Waals surface area contributed by atoms with Crippen LogP contribution in [0.1, 0.15) is 49.1 Å². The first-order valence-corrected chi connectivity index (χ1v) is 14.7. The average molecular weight is 610 g/mol. The number of aliphatic imine (C=N–C) groups is 1. The molecular formula is C34H33BrN4O2. The van der Waals surface area contributed by atoms with Crippen LogP contribution >= 0.6 is 15.9 Å². The lowest BCUT2D eigenvalue weighted by Gasteiger charge is -2.33. The number of anilines is 1. The summed E-state index contributed by atoms with van der Waals surface area (Å²) in [6.45, 7) is 4.80. The number of halogens is 1. The SMILES string of the molecule is CCCN(OCC)C(=O)C1=Cc2ncc(Br)cc2NC(=NC(c2ccccc2)(c2ccccc2)c2ccccc2)C1. The summed E-state index contributed by atoms with van der Waals surface area (Å²) in [5, 5.41) is 5.00. The molecule has 6 nitrogen and oxygen atoms in total. The van der Waals surface area contributed by atoms with Gasteiger partial charge in [0.05, 0.1) is 18.0 Å². The lowest BCUT2D eigenvalue weighted by atomic mass is 9.77. The number of amides is 1. The fourth-order valence-corrected chi connectivity index (χ4v) is 5.48. The van der Waals surface area contributed by atoms with Gasteiger partial charge < -0.3 is 5.32 Å². The third-order valence-corrected chi connectivity index (χ3v) is 7.36. The number of aromatic nitrogens is 1. The van der Waals surface area contributed by atoms with E-state index in [9.17, 15) is 4.79 Å². The molecule has 1 N–H and O–H groups in total. The highest BCUT2D eigenvalue weighted by Gasteiger charge is 2.37. The lowest BCUT2D eigenvalue weighted by molar-refractivity contribution is -0.180. The highest BCUT2D eigenvalue weighted by atomic mass is 79.9. The number of nitrogens with zero attached hydrogens (tertiary/aromatic N) is 3. The molecule has 1 aromatic heterocycles. The fraction of sp³-hybridized carbons (Fsp3) is 0.206. The van der Waals surface area contributed by atoms with Crippen LogP contribution in [0.15, 0.2) is 118 Å². The minimum absolute atomic E-state index is 0.189. The molecule has 0 spiro atoms. The van der Waals surface area contributed by atoms with Gasteiger partial charge in [-0.3, -0.25) is 19.6 Å². The Balaban J connectivity index is 1.74. The first kappa shape index (κ1) is 28.5. The Morgan fingerprint density at radius 1 is 0.951 bits per heavy atom. The lowest BCUT2D eigenvalue weighted by Crippen LogP contribution is -2.34. The van der Waals surface area contributed by atoms with Gasteiger partial charge in [0.1, 0.15) is 11.4 Å². The first-order chi connectivity index (χ1) is 20.0. The van der Waals surface area contributed by atoms with Gasteiger partial charge in [-0.05, 0) is 58.1 Å². The van der Waals surface area contributed by atoms with Crippen molar-refractivity contribution in [2.45, 2.75) is 32.2 Å². The normalized spacial score (nSPS) is 14.0. The fourth-order valence-electron chi connectivity index (χ4n) is 5.14. The van der Waals surface area contributed by atoms with Crippen molar-refractivity contribution in [1.82, 2.24) is 10.0 Å². The molecule has 0 radical (unpaired) electrons. The average Bonchev–Trinajstić information content (AvgIpc) is 3.19. The second-order valence-electron chi connectivity index (χ2n) is 9.75. The van der Waals surface area contributed by atoms with E-state index in [1.807, 2.05) is 80.6 Å². The van der Waals surface area contributed by atoms with Gasteiger partial charge in [0.25, 0.3) is 5.91 Å². The largest absolute Gasteiger partial charge is 0.342 e. The van der Waals surface area contributed by atoms with Crippen molar-refractivity contribution in [3.05, 3.63) is 136 Å². The molecule has 5 rings (SSSR count). The molecule has 0 fully saturated rings. The highest BCUT2D eigenvalue weighted by Crippen LogP contribution is 2.41. The van der Waals surface area contributed by atoms with Crippen LogP contribution in [-0.2, 0) is 15.2 Å². The van der Waals surface area contributed by atoms with Gasteiger partial charge >= 0.3 is 0 Å². The molecule has 0 atom stereocenters. The van der Waals surface area contributed by atoms with E-state index in [0.717, 1.165) is 33.3 Å². The van der Waals surface area contributed by atoms with Gasteiger partial charge in [-0.15, -0.1) is 0 Å². The third kappa shape index (κ3) is 6.16. The van der Waals surface area contributed by atoms with Gasteiger partial charge in [0.15, 0.2) is 0 Å². The van der Waals surface area contributed by atoms with Gasteiger partial charge in [-0.2, -0.15) is 0 Å². The van der Waals surface area contributed by atoms with Crippen molar-refractivity contribution in [3.63, 3.8) is 0 Å². The summed E-state index contributed by atoms with van der Waals surface area (Å²) in [6.07, 6.45) is 4.62. The van der Waals surface area contributed by atoms with Crippen LogP contribution in [0.2, 0.25) is 0 Å². The maximum atomic E-state index is 13.8. The number of hydrogen-bond acceptors (Lipinski definition) is 4. The van der Waals surface area contributed by atoms with E-state index >= 15 is 0 Å². The second-order valence-corrected chi connectivity index (χ2v) is 10.7. The topological polar surface area (TPSA) is 66.8 Å². The summed E-state index contributed by atoms with van der Waals surface area (Å²) in [5.74, 6) is 0.457. The molecule has 7 heteroatoms. The molecule has 0 saturated carbocycles. The number of hydroxylamine groups is 2. The Labute approximate surface area is 249 Å². The zero-order valence-electron chi connectivity index (χ0n) is 23.3. The molecule has 1 aliphatic rings. The number of pyridine rings is 1.